The Kier molecular flexibility index (Phi) is 6.80. The van der Waals surface area contributed by atoms with Crippen molar-refractivity contribution in [3.8, 4) is 17.2 Å². The molecule has 0 saturated heterocycles. The first-order valence-corrected chi connectivity index (χ1v) is 13.2. The fourth-order valence-corrected chi connectivity index (χ4v) is 4.76. The Morgan fingerprint density at radius 1 is 0.818 bits per heavy atom. The van der Waals surface area contributed by atoms with Gasteiger partial charge in [0.15, 0.2) is 0 Å². The number of benzene rings is 4. The van der Waals surface area contributed by atoms with Crippen LogP contribution in [-0.4, -0.2) is 17.8 Å². The summed E-state index contributed by atoms with van der Waals surface area (Å²) in [4.78, 5) is 52.5. The fourth-order valence-electron chi connectivity index (χ4n) is 4.76. The highest BCUT2D eigenvalue weighted by atomic mass is 19.4. The van der Waals surface area contributed by atoms with Crippen LogP contribution in [0.2, 0.25) is 0 Å². The van der Waals surface area contributed by atoms with Crippen molar-refractivity contribution in [1.29, 1.82) is 0 Å². The lowest BCUT2D eigenvalue weighted by Crippen LogP contribution is -2.29. The van der Waals surface area contributed by atoms with Gasteiger partial charge in [-0.15, -0.1) is 0 Å². The molecule has 0 radical (unpaired) electrons. The van der Waals surface area contributed by atoms with E-state index in [2.05, 4.69) is 0 Å². The topological polar surface area (TPSA) is 103 Å². The van der Waals surface area contributed by atoms with E-state index in [4.69, 9.17) is 13.9 Å². The molecule has 6 rings (SSSR count). The second-order valence-electron chi connectivity index (χ2n) is 10.0. The van der Waals surface area contributed by atoms with Crippen molar-refractivity contribution < 1.29 is 41.4 Å². The molecule has 1 aliphatic rings. The summed E-state index contributed by atoms with van der Waals surface area (Å²) in [6.07, 6.45) is -5.08. The van der Waals surface area contributed by atoms with E-state index in [0.29, 0.717) is 11.1 Å². The summed E-state index contributed by atoms with van der Waals surface area (Å²) >= 11 is 0. The molecule has 1 aliphatic heterocycles. The van der Waals surface area contributed by atoms with Gasteiger partial charge in [0.1, 0.15) is 17.1 Å². The molecule has 1 aromatic heterocycles. The minimum Gasteiger partial charge on any atom is -0.449 e. The summed E-state index contributed by atoms with van der Waals surface area (Å²) in [6, 6.07) is 20.2. The smallest absolute Gasteiger partial charge is 0.449 e. The molecule has 0 atom stereocenters. The number of halogens is 3. The molecule has 4 aromatic carbocycles. The van der Waals surface area contributed by atoms with Crippen LogP contribution in [0.4, 0.5) is 18.9 Å². The summed E-state index contributed by atoms with van der Waals surface area (Å²) < 4.78 is 57.9. The van der Waals surface area contributed by atoms with Gasteiger partial charge in [0.25, 0.3) is 17.6 Å². The number of amides is 2. The number of carbonyl (C=O) groups excluding carboxylic acids is 3. The number of ether oxygens (including phenoxy) is 2. The molecular formula is C33H20F3NO7. The van der Waals surface area contributed by atoms with Crippen LogP contribution >= 0.6 is 0 Å². The van der Waals surface area contributed by atoms with Crippen molar-refractivity contribution in [1.82, 2.24) is 0 Å². The van der Waals surface area contributed by atoms with Gasteiger partial charge < -0.3 is 13.9 Å². The molecule has 0 spiro atoms. The molecule has 2 amide bonds. The molecule has 11 heteroatoms. The molecule has 0 saturated carbocycles. The maximum absolute atomic E-state index is 14.0. The van der Waals surface area contributed by atoms with Gasteiger partial charge in [-0.1, -0.05) is 24.3 Å². The third-order valence-corrected chi connectivity index (χ3v) is 7.00. The lowest BCUT2D eigenvalue weighted by atomic mass is 10.1. The SMILES string of the molecule is Cc1ccc(C)c(Oc2c(C(F)(F)F)oc3cc(OC(=O)c4ccc(N5C(=O)c6ccccc6C5=O)cc4)ccc3c2=O)c1. The first kappa shape index (κ1) is 28.4. The average Bonchev–Trinajstić information content (AvgIpc) is 3.25. The first-order valence-electron chi connectivity index (χ1n) is 13.2. The second-order valence-corrected chi connectivity index (χ2v) is 10.0. The molecule has 5 aromatic rings. The number of carbonyl (C=O) groups is 3. The maximum atomic E-state index is 14.0. The molecule has 0 aliphatic carbocycles. The number of rotatable bonds is 5. The Morgan fingerprint density at radius 3 is 2.11 bits per heavy atom. The monoisotopic (exact) mass is 599 g/mol. The van der Waals surface area contributed by atoms with Gasteiger partial charge in [-0.2, -0.15) is 13.2 Å². The van der Waals surface area contributed by atoms with E-state index < -0.39 is 46.5 Å². The number of hydrogen-bond donors (Lipinski definition) is 0. The maximum Gasteiger partial charge on any atom is 0.453 e. The van der Waals surface area contributed by atoms with Crippen molar-refractivity contribution in [2.24, 2.45) is 0 Å². The van der Waals surface area contributed by atoms with Crippen LogP contribution in [0.5, 0.6) is 17.2 Å². The molecule has 2 heterocycles. The van der Waals surface area contributed by atoms with Gasteiger partial charge in [0, 0.05) is 6.07 Å². The van der Waals surface area contributed by atoms with E-state index >= 15 is 0 Å². The number of anilines is 1. The summed E-state index contributed by atoms with van der Waals surface area (Å²) in [6.45, 7) is 3.36. The molecular weight excluding hydrogens is 579 g/mol. The van der Waals surface area contributed by atoms with Crippen LogP contribution < -0.4 is 19.8 Å². The van der Waals surface area contributed by atoms with Crippen LogP contribution in [0.1, 0.15) is 48.0 Å². The minimum absolute atomic E-state index is 0.0279. The standard InChI is InChI=1S/C33H20F3NO7/c1-17-7-8-18(2)25(15-17)43-28-27(38)24-14-13-21(16-26(24)44-29(28)33(34,35)36)42-32(41)19-9-11-20(12-10-19)37-30(39)22-5-3-4-6-23(22)31(37)40/h3-16H,1-2H3. The van der Waals surface area contributed by atoms with E-state index in [1.54, 1.807) is 50.2 Å². The zero-order valence-electron chi connectivity index (χ0n) is 23.0. The van der Waals surface area contributed by atoms with E-state index in [1.165, 1.54) is 42.5 Å². The molecule has 0 unspecified atom stereocenters. The third-order valence-electron chi connectivity index (χ3n) is 7.00. The highest BCUT2D eigenvalue weighted by molar-refractivity contribution is 6.34. The van der Waals surface area contributed by atoms with Crippen molar-refractivity contribution in [2.75, 3.05) is 4.90 Å². The van der Waals surface area contributed by atoms with Crippen LogP contribution in [0.15, 0.2) is 94.1 Å². The predicted molar refractivity (Wildman–Crippen MR) is 152 cm³/mol. The zero-order valence-corrected chi connectivity index (χ0v) is 23.0. The quantitative estimate of drug-likeness (QED) is 0.119. The highest BCUT2D eigenvalue weighted by Gasteiger charge is 2.41. The summed E-state index contributed by atoms with van der Waals surface area (Å²) in [7, 11) is 0. The molecule has 44 heavy (non-hydrogen) atoms. The lowest BCUT2D eigenvalue weighted by Gasteiger charge is -2.15. The highest BCUT2D eigenvalue weighted by Crippen LogP contribution is 2.39. The van der Waals surface area contributed by atoms with Gasteiger partial charge in [0.05, 0.1) is 27.8 Å². The summed E-state index contributed by atoms with van der Waals surface area (Å²) in [5, 5.41) is -0.219. The van der Waals surface area contributed by atoms with E-state index in [-0.39, 0.29) is 39.3 Å². The fraction of sp³-hybridized carbons (Fsp3) is 0.0909. The van der Waals surface area contributed by atoms with Crippen molar-refractivity contribution in [3.05, 3.63) is 129 Å². The van der Waals surface area contributed by atoms with Crippen molar-refractivity contribution in [3.63, 3.8) is 0 Å². The van der Waals surface area contributed by atoms with Crippen molar-refractivity contribution in [2.45, 2.75) is 20.0 Å². The predicted octanol–water partition coefficient (Wildman–Crippen LogP) is 7.24. The Labute approximate surface area is 246 Å². The van der Waals surface area contributed by atoms with Crippen LogP contribution in [0.25, 0.3) is 11.0 Å². The minimum atomic E-state index is -5.08. The number of fused-ring (bicyclic) bond motifs is 2. The molecule has 8 nitrogen and oxygen atoms in total. The van der Waals surface area contributed by atoms with Gasteiger partial charge in [-0.3, -0.25) is 14.4 Å². The van der Waals surface area contributed by atoms with Crippen LogP contribution in [0.3, 0.4) is 0 Å². The zero-order chi connectivity index (χ0) is 31.3. The van der Waals surface area contributed by atoms with E-state index in [1.807, 2.05) is 0 Å². The molecule has 0 fully saturated rings. The van der Waals surface area contributed by atoms with Gasteiger partial charge >= 0.3 is 12.1 Å². The number of imide groups is 1. The van der Waals surface area contributed by atoms with E-state index in [9.17, 15) is 32.3 Å². The number of alkyl halides is 3. The number of esters is 1. The third kappa shape index (κ3) is 4.98. The summed E-state index contributed by atoms with van der Waals surface area (Å²) in [5.74, 6) is -4.65. The largest absolute Gasteiger partial charge is 0.453 e. The van der Waals surface area contributed by atoms with E-state index in [0.717, 1.165) is 11.0 Å². The van der Waals surface area contributed by atoms with Crippen molar-refractivity contribution >= 4 is 34.4 Å². The molecule has 220 valence electrons. The normalized spacial score (nSPS) is 12.9. The Morgan fingerprint density at radius 2 is 1.48 bits per heavy atom. The Hall–Kier alpha value is -5.71. The molecule has 0 bridgehead atoms. The average molecular weight is 600 g/mol. The lowest BCUT2D eigenvalue weighted by molar-refractivity contribution is -0.154. The Bertz CT molecular complexity index is 2030. The number of aryl methyl sites for hydroxylation is 2. The second kappa shape index (κ2) is 10.5. The molecule has 0 N–H and O–H groups in total. The van der Waals surface area contributed by atoms with Gasteiger partial charge in [-0.25, -0.2) is 9.69 Å². The Balaban J connectivity index is 1.27. The number of nitrogens with zero attached hydrogens (tertiary/aromatic N) is 1. The van der Waals surface area contributed by atoms with Gasteiger partial charge in [-0.05, 0) is 79.6 Å². The van der Waals surface area contributed by atoms with Crippen LogP contribution in [0, 0.1) is 13.8 Å². The summed E-state index contributed by atoms with van der Waals surface area (Å²) in [5.41, 5.74) is 0.501. The van der Waals surface area contributed by atoms with Crippen LogP contribution in [-0.2, 0) is 6.18 Å². The number of hydrogen-bond acceptors (Lipinski definition) is 7. The van der Waals surface area contributed by atoms with Gasteiger partial charge in [0.2, 0.25) is 11.2 Å². The first-order chi connectivity index (χ1) is 20.9.